The molecule has 0 radical (unpaired) electrons. The molecule has 0 bridgehead atoms. The van der Waals surface area contributed by atoms with E-state index in [9.17, 15) is 4.79 Å². The zero-order chi connectivity index (χ0) is 15.1. The number of carboxylic acid groups (broad SMARTS) is 1. The molecule has 0 heterocycles. The molecule has 0 atom stereocenters. The highest BCUT2D eigenvalue weighted by atomic mass is 16.4. The highest BCUT2D eigenvalue weighted by Crippen LogP contribution is 1.97. The molecule has 5 nitrogen and oxygen atoms in total. The fourth-order valence-electron chi connectivity index (χ4n) is 0.647. The van der Waals surface area contributed by atoms with E-state index < -0.39 is 12.1 Å². The van der Waals surface area contributed by atoms with Gasteiger partial charge in [0.2, 0.25) is 0 Å². The third-order valence-electron chi connectivity index (χ3n) is 1.63. The molecule has 0 amide bonds. The Balaban J connectivity index is 0. The Morgan fingerprint density at radius 3 is 1.74 bits per heavy atom. The summed E-state index contributed by atoms with van der Waals surface area (Å²) < 4.78 is 0. The number of aliphatic hydroxyl groups is 3. The maximum Gasteiger partial charge on any atom is 0.327 e. The molecule has 19 heavy (non-hydrogen) atoms. The molecule has 0 saturated carbocycles. The van der Waals surface area contributed by atoms with Crippen molar-refractivity contribution < 1.29 is 25.2 Å². The van der Waals surface area contributed by atoms with Gasteiger partial charge in [-0.2, -0.15) is 0 Å². The minimum atomic E-state index is -0.981. The molecule has 1 rings (SSSR count). The number of rotatable bonds is 4. The van der Waals surface area contributed by atoms with Crippen LogP contribution in [0.5, 0.6) is 0 Å². The van der Waals surface area contributed by atoms with E-state index in [1.807, 2.05) is 36.4 Å². The van der Waals surface area contributed by atoms with Crippen molar-refractivity contribution in [3.05, 3.63) is 55.1 Å². The second-order valence-corrected chi connectivity index (χ2v) is 3.18. The Labute approximate surface area is 112 Å². The molecule has 4 N–H and O–H groups in total. The lowest BCUT2D eigenvalue weighted by Crippen LogP contribution is -2.15. The van der Waals surface area contributed by atoms with Gasteiger partial charge in [-0.15, -0.1) is 0 Å². The normalized spacial score (nSPS) is 8.42. The number of aliphatic hydroxyl groups excluding tert-OH is 3. The van der Waals surface area contributed by atoms with Crippen LogP contribution in [0.1, 0.15) is 5.56 Å². The fraction of sp³-hybridized carbons (Fsp3) is 0.214. The maximum absolute atomic E-state index is 9.25. The molecule has 0 aliphatic carbocycles. The van der Waals surface area contributed by atoms with E-state index in [1.54, 1.807) is 0 Å². The first-order valence-electron chi connectivity index (χ1n) is 5.44. The highest BCUT2D eigenvalue weighted by molar-refractivity contribution is 5.78. The first kappa shape index (κ1) is 19.4. The molecular formula is C14H20O5. The van der Waals surface area contributed by atoms with Crippen molar-refractivity contribution in [2.24, 2.45) is 0 Å². The molecule has 5 heteroatoms. The molecule has 0 fully saturated rings. The number of carboxylic acids is 1. The SMILES string of the molecule is C=CC(=O)O.C=Cc1ccccc1.OCC(O)CO. The van der Waals surface area contributed by atoms with E-state index in [0.717, 1.165) is 6.08 Å². The fourth-order valence-corrected chi connectivity index (χ4v) is 0.647. The van der Waals surface area contributed by atoms with Crippen LogP contribution in [0.2, 0.25) is 0 Å². The molecule has 0 aromatic heterocycles. The summed E-state index contributed by atoms with van der Waals surface area (Å²) in [6.07, 6.45) is 1.71. The average Bonchev–Trinajstić information content (AvgIpc) is 2.48. The van der Waals surface area contributed by atoms with Crippen LogP contribution in [0.4, 0.5) is 0 Å². The molecule has 0 saturated heterocycles. The van der Waals surface area contributed by atoms with Gasteiger partial charge in [0, 0.05) is 6.08 Å². The molecule has 0 unspecified atom stereocenters. The predicted octanol–water partition coefficient (Wildman–Crippen LogP) is 0.918. The number of hydrogen-bond donors (Lipinski definition) is 4. The first-order chi connectivity index (χ1) is 9.01. The second-order valence-electron chi connectivity index (χ2n) is 3.18. The van der Waals surface area contributed by atoms with Crippen molar-refractivity contribution >= 4 is 12.0 Å². The van der Waals surface area contributed by atoms with Gasteiger partial charge in [-0.05, 0) is 5.56 Å². The van der Waals surface area contributed by atoms with E-state index >= 15 is 0 Å². The average molecular weight is 268 g/mol. The molecule has 0 aliphatic rings. The Morgan fingerprint density at radius 1 is 1.16 bits per heavy atom. The maximum atomic E-state index is 9.25. The van der Waals surface area contributed by atoms with Crippen LogP contribution >= 0.6 is 0 Å². The van der Waals surface area contributed by atoms with Crippen molar-refractivity contribution in [2.75, 3.05) is 13.2 Å². The molecule has 0 spiro atoms. The lowest BCUT2D eigenvalue weighted by atomic mass is 10.2. The number of carbonyl (C=O) groups is 1. The Morgan fingerprint density at radius 2 is 1.58 bits per heavy atom. The summed E-state index contributed by atoms with van der Waals surface area (Å²) in [4.78, 5) is 9.25. The van der Waals surface area contributed by atoms with Crippen molar-refractivity contribution in [1.82, 2.24) is 0 Å². The summed E-state index contributed by atoms with van der Waals surface area (Å²) in [6.45, 7) is 5.86. The molecule has 1 aromatic rings. The van der Waals surface area contributed by atoms with Crippen LogP contribution in [0.3, 0.4) is 0 Å². The summed E-state index contributed by atoms with van der Waals surface area (Å²) in [5.41, 5.74) is 1.17. The highest BCUT2D eigenvalue weighted by Gasteiger charge is 1.93. The molecule has 106 valence electrons. The lowest BCUT2D eigenvalue weighted by molar-refractivity contribution is -0.131. The second kappa shape index (κ2) is 14.1. The zero-order valence-corrected chi connectivity index (χ0v) is 10.6. The largest absolute Gasteiger partial charge is 0.478 e. The number of aliphatic carboxylic acids is 1. The Bertz CT molecular complexity index is 344. The molecule has 0 aliphatic heterocycles. The summed E-state index contributed by atoms with van der Waals surface area (Å²) in [7, 11) is 0. The monoisotopic (exact) mass is 268 g/mol. The van der Waals surface area contributed by atoms with E-state index in [4.69, 9.17) is 20.4 Å². The van der Waals surface area contributed by atoms with Crippen LogP contribution in [-0.2, 0) is 4.79 Å². The van der Waals surface area contributed by atoms with Gasteiger partial charge in [0.25, 0.3) is 0 Å². The van der Waals surface area contributed by atoms with Crippen molar-refractivity contribution in [3.8, 4) is 0 Å². The third kappa shape index (κ3) is 16.1. The first-order valence-corrected chi connectivity index (χ1v) is 5.44. The summed E-state index contributed by atoms with van der Waals surface area (Å²) in [5, 5.41) is 31.6. The zero-order valence-electron chi connectivity index (χ0n) is 10.6. The van der Waals surface area contributed by atoms with E-state index in [-0.39, 0.29) is 13.2 Å². The Hall–Kier alpha value is -1.95. The van der Waals surface area contributed by atoms with E-state index in [2.05, 4.69) is 13.2 Å². The van der Waals surface area contributed by atoms with Gasteiger partial charge >= 0.3 is 5.97 Å². The van der Waals surface area contributed by atoms with Crippen molar-refractivity contribution in [2.45, 2.75) is 6.10 Å². The topological polar surface area (TPSA) is 98.0 Å². The van der Waals surface area contributed by atoms with Crippen LogP contribution in [-0.4, -0.2) is 45.7 Å². The van der Waals surface area contributed by atoms with Gasteiger partial charge < -0.3 is 20.4 Å². The van der Waals surface area contributed by atoms with E-state index in [0.29, 0.717) is 0 Å². The molecule has 1 aromatic carbocycles. The quantitative estimate of drug-likeness (QED) is 0.609. The van der Waals surface area contributed by atoms with Crippen molar-refractivity contribution in [3.63, 3.8) is 0 Å². The number of hydrogen-bond acceptors (Lipinski definition) is 4. The minimum absolute atomic E-state index is 0.365. The third-order valence-corrected chi connectivity index (χ3v) is 1.63. The predicted molar refractivity (Wildman–Crippen MR) is 74.5 cm³/mol. The summed E-state index contributed by atoms with van der Waals surface area (Å²) >= 11 is 0. The smallest absolute Gasteiger partial charge is 0.327 e. The lowest BCUT2D eigenvalue weighted by Gasteiger charge is -1.96. The van der Waals surface area contributed by atoms with Gasteiger partial charge in [-0.1, -0.05) is 49.6 Å². The van der Waals surface area contributed by atoms with Gasteiger partial charge in [-0.3, -0.25) is 0 Å². The van der Waals surface area contributed by atoms with Crippen LogP contribution in [0, 0.1) is 0 Å². The van der Waals surface area contributed by atoms with Gasteiger partial charge in [0.15, 0.2) is 0 Å². The van der Waals surface area contributed by atoms with Crippen LogP contribution in [0.25, 0.3) is 6.08 Å². The number of benzene rings is 1. The van der Waals surface area contributed by atoms with Crippen LogP contribution in [0.15, 0.2) is 49.6 Å². The van der Waals surface area contributed by atoms with E-state index in [1.165, 1.54) is 5.56 Å². The minimum Gasteiger partial charge on any atom is -0.478 e. The molecular weight excluding hydrogens is 248 g/mol. The summed E-state index contributed by atoms with van der Waals surface area (Å²) in [5.74, 6) is -0.981. The Kier molecular flexibility index (Phi) is 14.4. The van der Waals surface area contributed by atoms with Crippen molar-refractivity contribution in [1.29, 1.82) is 0 Å². The van der Waals surface area contributed by atoms with Crippen LogP contribution < -0.4 is 0 Å². The van der Waals surface area contributed by atoms with Gasteiger partial charge in [0.1, 0.15) is 6.10 Å². The van der Waals surface area contributed by atoms with Gasteiger partial charge in [-0.25, -0.2) is 4.79 Å². The summed E-state index contributed by atoms with van der Waals surface area (Å²) in [6, 6.07) is 10.0. The standard InChI is InChI=1S/C8H8.C3H8O3.C3H4O2/c1-2-8-6-4-3-5-7-8;4-1-3(6)2-5;1-2-3(4)5/h2-7H,1H2;3-6H,1-2H2;2H,1H2,(H,4,5). The van der Waals surface area contributed by atoms with Gasteiger partial charge in [0.05, 0.1) is 13.2 Å².